The number of rotatable bonds is 9. The topological polar surface area (TPSA) is 55.9 Å². The zero-order valence-corrected chi connectivity index (χ0v) is 18.4. The summed E-state index contributed by atoms with van der Waals surface area (Å²) < 4.78 is 0. The average molecular weight is 395 g/mol. The van der Waals surface area contributed by atoms with Crippen LogP contribution in [0.1, 0.15) is 71.6 Å². The first-order chi connectivity index (χ1) is 13.5. The number of unbranched alkanes of at least 4 members (excludes halogenated alkanes) is 1. The lowest BCUT2D eigenvalue weighted by molar-refractivity contribution is -0.133. The molecule has 0 radical (unpaired) electrons. The number of amides is 3. The van der Waals surface area contributed by atoms with Crippen LogP contribution in [0.15, 0.2) is 0 Å². The molecule has 0 aromatic rings. The van der Waals surface area contributed by atoms with Crippen molar-refractivity contribution in [1.82, 2.24) is 20.0 Å². The molecule has 6 heteroatoms. The molecule has 0 bridgehead atoms. The zero-order valence-electron chi connectivity index (χ0n) is 18.4. The Kier molecular flexibility index (Phi) is 10.1. The molecule has 0 aromatic heterocycles. The summed E-state index contributed by atoms with van der Waals surface area (Å²) in [7, 11) is 2.14. The van der Waals surface area contributed by atoms with E-state index in [1.807, 2.05) is 9.80 Å². The van der Waals surface area contributed by atoms with Crippen LogP contribution in [0.25, 0.3) is 0 Å². The highest BCUT2D eigenvalue weighted by atomic mass is 16.2. The molecular formula is C22H42N4O2. The Balaban J connectivity index is 1.55. The summed E-state index contributed by atoms with van der Waals surface area (Å²) in [4.78, 5) is 30.9. The summed E-state index contributed by atoms with van der Waals surface area (Å²) in [6.07, 6.45) is 10.5. The SMILES string of the molecule is CC(C)N(C)CCCCNC(=O)N1CCN(C(=O)CCC2CCCCC2)CC1. The molecule has 2 fully saturated rings. The van der Waals surface area contributed by atoms with Gasteiger partial charge in [-0.15, -0.1) is 0 Å². The van der Waals surface area contributed by atoms with Gasteiger partial charge in [-0.05, 0) is 52.6 Å². The van der Waals surface area contributed by atoms with Crippen LogP contribution < -0.4 is 5.32 Å². The van der Waals surface area contributed by atoms with Crippen molar-refractivity contribution in [3.63, 3.8) is 0 Å². The van der Waals surface area contributed by atoms with Gasteiger partial charge in [0.15, 0.2) is 0 Å². The van der Waals surface area contributed by atoms with Gasteiger partial charge in [0.1, 0.15) is 0 Å². The standard InChI is InChI=1S/C22H42N4O2/c1-19(2)24(3)14-8-7-13-23-22(28)26-17-15-25(16-18-26)21(27)12-11-20-9-5-4-6-10-20/h19-20H,4-18H2,1-3H3,(H,23,28). The maximum atomic E-state index is 12.5. The Morgan fingerprint density at radius 3 is 2.29 bits per heavy atom. The van der Waals surface area contributed by atoms with E-state index in [1.54, 1.807) is 0 Å². The van der Waals surface area contributed by atoms with Crippen molar-refractivity contribution >= 4 is 11.9 Å². The van der Waals surface area contributed by atoms with Gasteiger partial charge in [0.05, 0.1) is 0 Å². The second-order valence-electron chi connectivity index (χ2n) is 8.92. The fourth-order valence-electron chi connectivity index (χ4n) is 4.17. The number of nitrogens with one attached hydrogen (secondary N) is 1. The molecule has 6 nitrogen and oxygen atoms in total. The van der Waals surface area contributed by atoms with Crippen molar-refractivity contribution in [1.29, 1.82) is 0 Å². The van der Waals surface area contributed by atoms with Gasteiger partial charge in [-0.1, -0.05) is 32.1 Å². The second kappa shape index (κ2) is 12.3. The van der Waals surface area contributed by atoms with Gasteiger partial charge in [-0.3, -0.25) is 4.79 Å². The Labute approximate surface area is 172 Å². The largest absolute Gasteiger partial charge is 0.339 e. The lowest BCUT2D eigenvalue weighted by Gasteiger charge is -2.35. The maximum Gasteiger partial charge on any atom is 0.317 e. The molecule has 3 amide bonds. The van der Waals surface area contributed by atoms with Gasteiger partial charge in [-0.2, -0.15) is 0 Å². The zero-order chi connectivity index (χ0) is 20.4. The van der Waals surface area contributed by atoms with Crippen molar-refractivity contribution in [3.8, 4) is 0 Å². The fourth-order valence-corrected chi connectivity index (χ4v) is 4.17. The van der Waals surface area contributed by atoms with Gasteiger partial charge in [0.25, 0.3) is 0 Å². The van der Waals surface area contributed by atoms with E-state index in [9.17, 15) is 9.59 Å². The Hall–Kier alpha value is -1.30. The molecule has 1 aliphatic heterocycles. The quantitative estimate of drug-likeness (QED) is 0.610. The summed E-state index contributed by atoms with van der Waals surface area (Å²) in [5.41, 5.74) is 0. The van der Waals surface area contributed by atoms with Crippen molar-refractivity contribution < 1.29 is 9.59 Å². The minimum atomic E-state index is 0.0199. The van der Waals surface area contributed by atoms with Gasteiger partial charge >= 0.3 is 6.03 Å². The predicted molar refractivity (Wildman–Crippen MR) is 114 cm³/mol. The summed E-state index contributed by atoms with van der Waals surface area (Å²) in [5, 5.41) is 3.03. The lowest BCUT2D eigenvalue weighted by Crippen LogP contribution is -2.53. The first-order valence-corrected chi connectivity index (χ1v) is 11.5. The number of hydrogen-bond donors (Lipinski definition) is 1. The number of hydrogen-bond acceptors (Lipinski definition) is 3. The van der Waals surface area contributed by atoms with Crippen LogP contribution >= 0.6 is 0 Å². The smallest absolute Gasteiger partial charge is 0.317 e. The molecule has 2 rings (SSSR count). The molecule has 0 atom stereocenters. The Bertz CT molecular complexity index is 469. The van der Waals surface area contributed by atoms with Crippen molar-refractivity contribution in [2.24, 2.45) is 5.92 Å². The van der Waals surface area contributed by atoms with Gasteiger partial charge in [0, 0.05) is 45.2 Å². The highest BCUT2D eigenvalue weighted by Gasteiger charge is 2.24. The van der Waals surface area contributed by atoms with E-state index in [0.717, 1.165) is 38.3 Å². The molecule has 1 saturated heterocycles. The van der Waals surface area contributed by atoms with Crippen LogP contribution in [0.5, 0.6) is 0 Å². The van der Waals surface area contributed by atoms with E-state index < -0.39 is 0 Å². The summed E-state index contributed by atoms with van der Waals surface area (Å²) in [6, 6.07) is 0.586. The summed E-state index contributed by atoms with van der Waals surface area (Å²) in [6.45, 7) is 8.84. The predicted octanol–water partition coefficient (Wildman–Crippen LogP) is 3.32. The van der Waals surface area contributed by atoms with Crippen molar-refractivity contribution in [3.05, 3.63) is 0 Å². The summed E-state index contributed by atoms with van der Waals surface area (Å²) in [5.74, 6) is 1.03. The van der Waals surface area contributed by atoms with Gasteiger partial charge in [0.2, 0.25) is 5.91 Å². The highest BCUT2D eigenvalue weighted by Crippen LogP contribution is 2.27. The number of carbonyl (C=O) groups is 2. The maximum absolute atomic E-state index is 12.5. The minimum absolute atomic E-state index is 0.0199. The van der Waals surface area contributed by atoms with Crippen LogP contribution in [0.3, 0.4) is 0 Å². The minimum Gasteiger partial charge on any atom is -0.339 e. The van der Waals surface area contributed by atoms with E-state index in [-0.39, 0.29) is 11.9 Å². The van der Waals surface area contributed by atoms with E-state index in [4.69, 9.17) is 0 Å². The van der Waals surface area contributed by atoms with E-state index >= 15 is 0 Å². The molecule has 2 aliphatic rings. The molecule has 1 heterocycles. The van der Waals surface area contributed by atoms with E-state index in [0.29, 0.717) is 38.6 Å². The fraction of sp³-hybridized carbons (Fsp3) is 0.909. The van der Waals surface area contributed by atoms with Gasteiger partial charge < -0.3 is 20.0 Å². The number of carbonyl (C=O) groups excluding carboxylic acids is 2. The van der Waals surface area contributed by atoms with Crippen LogP contribution in [0, 0.1) is 5.92 Å². The van der Waals surface area contributed by atoms with Crippen LogP contribution in [0.4, 0.5) is 4.79 Å². The third-order valence-electron chi connectivity index (χ3n) is 6.51. The first kappa shape index (κ1) is 23.0. The number of nitrogens with zero attached hydrogens (tertiary/aromatic N) is 3. The van der Waals surface area contributed by atoms with Crippen molar-refractivity contribution in [2.75, 3.05) is 46.3 Å². The molecule has 162 valence electrons. The average Bonchev–Trinajstić information content (AvgIpc) is 2.72. The van der Waals surface area contributed by atoms with E-state index in [1.165, 1.54) is 32.1 Å². The first-order valence-electron chi connectivity index (χ1n) is 11.5. The molecule has 0 unspecified atom stereocenters. The third kappa shape index (κ3) is 7.98. The Morgan fingerprint density at radius 1 is 1.00 bits per heavy atom. The molecule has 0 aromatic carbocycles. The molecule has 1 saturated carbocycles. The van der Waals surface area contributed by atoms with E-state index in [2.05, 4.69) is 31.1 Å². The molecule has 1 N–H and O–H groups in total. The third-order valence-corrected chi connectivity index (χ3v) is 6.51. The lowest BCUT2D eigenvalue weighted by atomic mass is 9.86. The normalized spacial score (nSPS) is 18.8. The highest BCUT2D eigenvalue weighted by molar-refractivity contribution is 5.77. The Morgan fingerprint density at radius 2 is 1.64 bits per heavy atom. The second-order valence-corrected chi connectivity index (χ2v) is 8.92. The van der Waals surface area contributed by atoms with Gasteiger partial charge in [-0.25, -0.2) is 4.79 Å². The van der Waals surface area contributed by atoms with Crippen molar-refractivity contribution in [2.45, 2.75) is 77.7 Å². The molecule has 0 spiro atoms. The van der Waals surface area contributed by atoms with Crippen LogP contribution in [-0.2, 0) is 4.79 Å². The van der Waals surface area contributed by atoms with Crippen LogP contribution in [0.2, 0.25) is 0 Å². The van der Waals surface area contributed by atoms with Crippen LogP contribution in [-0.4, -0.2) is 79.0 Å². The monoisotopic (exact) mass is 394 g/mol. The summed E-state index contributed by atoms with van der Waals surface area (Å²) >= 11 is 0. The number of piperazine rings is 1. The molecule has 28 heavy (non-hydrogen) atoms. The number of urea groups is 1. The molecular weight excluding hydrogens is 352 g/mol. The molecule has 1 aliphatic carbocycles.